The van der Waals surface area contributed by atoms with Crippen molar-refractivity contribution in [3.8, 4) is 0 Å². The molecule has 0 unspecified atom stereocenters. The van der Waals surface area contributed by atoms with Gasteiger partial charge in [-0.3, -0.25) is 0 Å². The van der Waals surface area contributed by atoms with Crippen LogP contribution >= 0.6 is 0 Å². The summed E-state index contributed by atoms with van der Waals surface area (Å²) >= 11 is 0. The Morgan fingerprint density at radius 2 is 1.80 bits per heavy atom. The van der Waals surface area contributed by atoms with Gasteiger partial charge in [0, 0.05) is 8.07 Å². The predicted molar refractivity (Wildman–Crippen MR) is 69.9 cm³/mol. The van der Waals surface area contributed by atoms with Gasteiger partial charge in [0.15, 0.2) is 0 Å². The van der Waals surface area contributed by atoms with Crippen molar-refractivity contribution in [2.24, 2.45) is 5.92 Å². The molecule has 0 heterocycles. The SMILES string of the molecule is CC1CCC(=C(CO)C[Si](C)(C)C)CC1. The summed E-state index contributed by atoms with van der Waals surface area (Å²) in [5.41, 5.74) is 2.96. The lowest BCUT2D eigenvalue weighted by molar-refractivity contribution is 0.325. The highest BCUT2D eigenvalue weighted by Crippen LogP contribution is 2.32. The summed E-state index contributed by atoms with van der Waals surface area (Å²) in [5, 5.41) is 9.47. The topological polar surface area (TPSA) is 20.2 Å². The van der Waals surface area contributed by atoms with Crippen molar-refractivity contribution in [1.82, 2.24) is 0 Å². The monoisotopic (exact) mass is 226 g/mol. The molecule has 1 rings (SSSR count). The first-order chi connectivity index (χ1) is 6.92. The van der Waals surface area contributed by atoms with E-state index >= 15 is 0 Å². The lowest BCUT2D eigenvalue weighted by Gasteiger charge is -2.26. The van der Waals surface area contributed by atoms with E-state index in [0.29, 0.717) is 6.61 Å². The summed E-state index contributed by atoms with van der Waals surface area (Å²) in [5.74, 6) is 0.889. The van der Waals surface area contributed by atoms with Gasteiger partial charge in [-0.1, -0.05) is 32.1 Å². The minimum absolute atomic E-state index is 0.300. The quantitative estimate of drug-likeness (QED) is 0.573. The van der Waals surface area contributed by atoms with E-state index in [1.54, 1.807) is 5.57 Å². The maximum absolute atomic E-state index is 9.47. The molecule has 0 aromatic rings. The molecule has 0 aromatic carbocycles. The lowest BCUT2D eigenvalue weighted by Crippen LogP contribution is -2.22. The van der Waals surface area contributed by atoms with Crippen LogP contribution in [0, 0.1) is 5.92 Å². The lowest BCUT2D eigenvalue weighted by atomic mass is 9.85. The van der Waals surface area contributed by atoms with Crippen molar-refractivity contribution >= 4 is 8.07 Å². The van der Waals surface area contributed by atoms with Gasteiger partial charge in [-0.25, -0.2) is 0 Å². The van der Waals surface area contributed by atoms with Crippen molar-refractivity contribution in [2.75, 3.05) is 6.61 Å². The van der Waals surface area contributed by atoms with Crippen LogP contribution in [-0.2, 0) is 0 Å². The molecule has 0 aliphatic heterocycles. The van der Waals surface area contributed by atoms with Gasteiger partial charge in [0.05, 0.1) is 6.61 Å². The third kappa shape index (κ3) is 4.52. The van der Waals surface area contributed by atoms with Gasteiger partial charge in [-0.05, 0) is 43.2 Å². The molecular weight excluding hydrogens is 200 g/mol. The molecule has 1 nitrogen and oxygen atoms in total. The van der Waals surface area contributed by atoms with Crippen LogP contribution in [0.1, 0.15) is 32.6 Å². The molecule has 15 heavy (non-hydrogen) atoms. The van der Waals surface area contributed by atoms with Crippen LogP contribution in [0.25, 0.3) is 0 Å². The Labute approximate surface area is 95.6 Å². The van der Waals surface area contributed by atoms with E-state index < -0.39 is 8.07 Å². The molecule has 0 aromatic heterocycles. The largest absolute Gasteiger partial charge is 0.392 e. The Morgan fingerprint density at radius 1 is 1.27 bits per heavy atom. The van der Waals surface area contributed by atoms with Gasteiger partial charge in [0.1, 0.15) is 0 Å². The molecular formula is C13H26OSi. The summed E-state index contributed by atoms with van der Waals surface area (Å²) in [4.78, 5) is 0. The third-order valence-corrected chi connectivity index (χ3v) is 4.80. The Hall–Kier alpha value is -0.0831. The second-order valence-electron chi connectivity index (χ2n) is 6.29. The number of allylic oxidation sites excluding steroid dienone is 1. The second kappa shape index (κ2) is 5.31. The standard InChI is InChI=1S/C13H26OSi/c1-11-5-7-12(8-6-11)13(9-14)10-15(2,3)4/h11,14H,5-10H2,1-4H3. The number of hydrogen-bond acceptors (Lipinski definition) is 1. The number of aliphatic hydroxyl groups excluding tert-OH is 1. The first kappa shape index (κ1) is 13.0. The summed E-state index contributed by atoms with van der Waals surface area (Å²) in [6.45, 7) is 9.79. The molecule has 1 saturated carbocycles. The van der Waals surface area contributed by atoms with E-state index in [9.17, 15) is 5.11 Å². The molecule has 0 saturated heterocycles. The number of aliphatic hydroxyl groups is 1. The highest BCUT2D eigenvalue weighted by atomic mass is 28.3. The molecule has 0 bridgehead atoms. The Bertz CT molecular complexity index is 227. The van der Waals surface area contributed by atoms with Crippen LogP contribution in [0.5, 0.6) is 0 Å². The van der Waals surface area contributed by atoms with E-state index in [4.69, 9.17) is 0 Å². The average Bonchev–Trinajstić information content (AvgIpc) is 2.14. The predicted octanol–water partition coefficient (Wildman–Crippen LogP) is 3.82. The minimum atomic E-state index is -1.06. The van der Waals surface area contributed by atoms with Crippen LogP contribution in [0.4, 0.5) is 0 Å². The first-order valence-corrected chi connectivity index (χ1v) is 9.93. The Kier molecular flexibility index (Phi) is 4.59. The Morgan fingerprint density at radius 3 is 2.20 bits per heavy atom. The van der Waals surface area contributed by atoms with Crippen molar-refractivity contribution in [1.29, 1.82) is 0 Å². The van der Waals surface area contributed by atoms with Crippen molar-refractivity contribution < 1.29 is 5.11 Å². The maximum atomic E-state index is 9.47. The molecule has 2 heteroatoms. The molecule has 1 aliphatic rings. The van der Waals surface area contributed by atoms with E-state index in [0.717, 1.165) is 5.92 Å². The van der Waals surface area contributed by atoms with E-state index in [1.807, 2.05) is 0 Å². The normalized spacial score (nSPS) is 23.0. The molecule has 0 atom stereocenters. The zero-order valence-electron chi connectivity index (χ0n) is 10.8. The van der Waals surface area contributed by atoms with E-state index in [1.165, 1.54) is 37.3 Å². The number of hydrogen-bond donors (Lipinski definition) is 1. The minimum Gasteiger partial charge on any atom is -0.392 e. The van der Waals surface area contributed by atoms with Crippen molar-refractivity contribution in [3.05, 3.63) is 11.1 Å². The van der Waals surface area contributed by atoms with Crippen molar-refractivity contribution in [2.45, 2.75) is 58.3 Å². The van der Waals surface area contributed by atoms with Crippen LogP contribution in [0.15, 0.2) is 11.1 Å². The smallest absolute Gasteiger partial charge is 0.0641 e. The van der Waals surface area contributed by atoms with Gasteiger partial charge >= 0.3 is 0 Å². The van der Waals surface area contributed by atoms with Crippen LogP contribution < -0.4 is 0 Å². The Balaban J connectivity index is 2.67. The van der Waals surface area contributed by atoms with Gasteiger partial charge in [0.25, 0.3) is 0 Å². The molecule has 0 radical (unpaired) electrons. The molecule has 1 N–H and O–H groups in total. The highest BCUT2D eigenvalue weighted by Gasteiger charge is 2.20. The molecule has 1 aliphatic carbocycles. The average molecular weight is 226 g/mol. The molecule has 0 amide bonds. The van der Waals surface area contributed by atoms with Crippen LogP contribution in [0.3, 0.4) is 0 Å². The summed E-state index contributed by atoms with van der Waals surface area (Å²) in [6.07, 6.45) is 5.12. The van der Waals surface area contributed by atoms with Crippen LogP contribution in [-0.4, -0.2) is 19.8 Å². The van der Waals surface area contributed by atoms with Gasteiger partial charge in [-0.2, -0.15) is 0 Å². The fourth-order valence-electron chi connectivity index (χ4n) is 2.40. The summed E-state index contributed by atoms with van der Waals surface area (Å²) in [7, 11) is -1.06. The van der Waals surface area contributed by atoms with Gasteiger partial charge < -0.3 is 5.11 Å². The molecule has 1 fully saturated rings. The zero-order chi connectivity index (χ0) is 11.5. The van der Waals surface area contributed by atoms with E-state index in [2.05, 4.69) is 26.6 Å². The third-order valence-electron chi connectivity index (χ3n) is 3.31. The first-order valence-electron chi connectivity index (χ1n) is 6.23. The highest BCUT2D eigenvalue weighted by molar-refractivity contribution is 6.76. The zero-order valence-corrected chi connectivity index (χ0v) is 11.8. The second-order valence-corrected chi connectivity index (χ2v) is 11.8. The molecule has 0 spiro atoms. The summed E-state index contributed by atoms with van der Waals surface area (Å²) in [6, 6.07) is 1.19. The van der Waals surface area contributed by atoms with E-state index in [-0.39, 0.29) is 0 Å². The fraction of sp³-hybridized carbons (Fsp3) is 0.846. The van der Waals surface area contributed by atoms with Gasteiger partial charge in [0.2, 0.25) is 0 Å². The number of rotatable bonds is 3. The molecule has 88 valence electrons. The fourth-order valence-corrected chi connectivity index (χ4v) is 4.04. The van der Waals surface area contributed by atoms with Gasteiger partial charge in [-0.15, -0.1) is 0 Å². The summed E-state index contributed by atoms with van der Waals surface area (Å²) < 4.78 is 0. The maximum Gasteiger partial charge on any atom is 0.0641 e. The van der Waals surface area contributed by atoms with Crippen LogP contribution in [0.2, 0.25) is 25.7 Å². The van der Waals surface area contributed by atoms with Crippen molar-refractivity contribution in [3.63, 3.8) is 0 Å².